The Kier molecular flexibility index (Phi) is 6.03. The largest absolute Gasteiger partial charge is 0.355 e. The van der Waals surface area contributed by atoms with Gasteiger partial charge in [-0.05, 0) is 54.8 Å². The standard InChI is InChI=1S/C22H23ClN4O2/c1-13(2)20-18(12-25-27(20)16-10-8-15(23)9-11-16)22(29)26-19-7-5-6-17(14(19)3)21(28)24-4/h5-13H,1-4H3,(H,24,28)(H,26,29). The van der Waals surface area contributed by atoms with E-state index in [2.05, 4.69) is 15.7 Å². The van der Waals surface area contributed by atoms with Crippen molar-refractivity contribution in [3.05, 3.63) is 76.1 Å². The lowest BCUT2D eigenvalue weighted by Gasteiger charge is -2.14. The smallest absolute Gasteiger partial charge is 0.259 e. The summed E-state index contributed by atoms with van der Waals surface area (Å²) in [6.07, 6.45) is 1.57. The zero-order valence-corrected chi connectivity index (χ0v) is 17.5. The number of hydrogen-bond donors (Lipinski definition) is 2. The number of halogens is 1. The van der Waals surface area contributed by atoms with E-state index in [0.717, 1.165) is 11.4 Å². The molecule has 0 saturated carbocycles. The SMILES string of the molecule is CNC(=O)c1cccc(NC(=O)c2cnn(-c3ccc(Cl)cc3)c2C(C)C)c1C. The molecule has 0 saturated heterocycles. The summed E-state index contributed by atoms with van der Waals surface area (Å²) in [5, 5.41) is 10.6. The fraction of sp³-hybridized carbons (Fsp3) is 0.227. The van der Waals surface area contributed by atoms with Gasteiger partial charge in [-0.3, -0.25) is 9.59 Å². The second-order valence-corrected chi connectivity index (χ2v) is 7.43. The van der Waals surface area contributed by atoms with Gasteiger partial charge in [0.15, 0.2) is 0 Å². The second kappa shape index (κ2) is 8.49. The van der Waals surface area contributed by atoms with Gasteiger partial charge in [0, 0.05) is 23.3 Å². The van der Waals surface area contributed by atoms with E-state index in [-0.39, 0.29) is 17.7 Å². The number of nitrogens with zero attached hydrogens (tertiary/aromatic N) is 2. The highest BCUT2D eigenvalue weighted by Gasteiger charge is 2.22. The van der Waals surface area contributed by atoms with Crippen LogP contribution in [0.3, 0.4) is 0 Å². The molecular formula is C22H23ClN4O2. The lowest BCUT2D eigenvalue weighted by atomic mass is 10.0. The van der Waals surface area contributed by atoms with Gasteiger partial charge in [-0.25, -0.2) is 4.68 Å². The van der Waals surface area contributed by atoms with Crippen LogP contribution in [0, 0.1) is 6.92 Å². The minimum absolute atomic E-state index is 0.0622. The molecule has 0 aliphatic carbocycles. The van der Waals surface area contributed by atoms with Crippen LogP contribution >= 0.6 is 11.6 Å². The third-order valence-corrected chi connectivity index (χ3v) is 4.97. The molecule has 1 aromatic heterocycles. The molecule has 0 bridgehead atoms. The molecule has 29 heavy (non-hydrogen) atoms. The maximum absolute atomic E-state index is 13.1. The van der Waals surface area contributed by atoms with Gasteiger partial charge in [0.1, 0.15) is 0 Å². The van der Waals surface area contributed by atoms with E-state index in [1.807, 2.05) is 26.0 Å². The molecule has 7 heteroatoms. The second-order valence-electron chi connectivity index (χ2n) is 7.00. The Labute approximate surface area is 174 Å². The maximum Gasteiger partial charge on any atom is 0.259 e. The Bertz CT molecular complexity index is 1060. The summed E-state index contributed by atoms with van der Waals surface area (Å²) in [6.45, 7) is 5.83. The molecule has 2 aromatic carbocycles. The molecule has 0 aliphatic rings. The lowest BCUT2D eigenvalue weighted by molar-refractivity contribution is 0.0960. The molecule has 2 N–H and O–H groups in total. The van der Waals surface area contributed by atoms with Crippen LogP contribution in [0.5, 0.6) is 0 Å². The highest BCUT2D eigenvalue weighted by Crippen LogP contribution is 2.26. The van der Waals surface area contributed by atoms with E-state index >= 15 is 0 Å². The molecule has 0 radical (unpaired) electrons. The third-order valence-electron chi connectivity index (χ3n) is 4.72. The molecule has 1 heterocycles. The maximum atomic E-state index is 13.1. The van der Waals surface area contributed by atoms with Crippen molar-refractivity contribution in [1.82, 2.24) is 15.1 Å². The number of rotatable bonds is 5. The van der Waals surface area contributed by atoms with Crippen LogP contribution < -0.4 is 10.6 Å². The average Bonchev–Trinajstić information content (AvgIpc) is 3.15. The van der Waals surface area contributed by atoms with Gasteiger partial charge in [0.25, 0.3) is 11.8 Å². The predicted molar refractivity (Wildman–Crippen MR) is 115 cm³/mol. The average molecular weight is 411 g/mol. The number of carbonyl (C=O) groups excluding carboxylic acids is 2. The summed E-state index contributed by atoms with van der Waals surface area (Å²) in [7, 11) is 1.58. The topological polar surface area (TPSA) is 76.0 Å². The molecule has 0 fully saturated rings. The molecule has 150 valence electrons. The fourth-order valence-corrected chi connectivity index (χ4v) is 3.34. The molecule has 0 aliphatic heterocycles. The van der Waals surface area contributed by atoms with Crippen molar-refractivity contribution < 1.29 is 9.59 Å². The number of benzene rings is 2. The van der Waals surface area contributed by atoms with Crippen molar-refractivity contribution in [2.75, 3.05) is 12.4 Å². The van der Waals surface area contributed by atoms with Crippen molar-refractivity contribution in [3.8, 4) is 5.69 Å². The summed E-state index contributed by atoms with van der Waals surface area (Å²) >= 11 is 5.99. The molecule has 0 unspecified atom stereocenters. The molecular weight excluding hydrogens is 388 g/mol. The van der Waals surface area contributed by atoms with E-state index < -0.39 is 0 Å². The summed E-state index contributed by atoms with van der Waals surface area (Å²) in [4.78, 5) is 25.1. The summed E-state index contributed by atoms with van der Waals surface area (Å²) in [5.41, 5.74) is 3.92. The minimum atomic E-state index is -0.272. The van der Waals surface area contributed by atoms with E-state index in [4.69, 9.17) is 11.6 Å². The first kappa shape index (κ1) is 20.6. The summed E-state index contributed by atoms with van der Waals surface area (Å²) < 4.78 is 1.75. The zero-order chi connectivity index (χ0) is 21.1. The van der Waals surface area contributed by atoms with Crippen LogP contribution in [0.1, 0.15) is 51.7 Å². The van der Waals surface area contributed by atoms with E-state index in [1.165, 1.54) is 0 Å². The minimum Gasteiger partial charge on any atom is -0.355 e. The quantitative estimate of drug-likeness (QED) is 0.646. The van der Waals surface area contributed by atoms with Gasteiger partial charge in [-0.2, -0.15) is 5.10 Å². The van der Waals surface area contributed by atoms with Gasteiger partial charge < -0.3 is 10.6 Å². The van der Waals surface area contributed by atoms with Gasteiger partial charge in [0.2, 0.25) is 0 Å². The highest BCUT2D eigenvalue weighted by molar-refractivity contribution is 6.30. The van der Waals surface area contributed by atoms with Gasteiger partial charge in [-0.15, -0.1) is 0 Å². The Morgan fingerprint density at radius 2 is 1.72 bits per heavy atom. The lowest BCUT2D eigenvalue weighted by Crippen LogP contribution is -2.20. The van der Waals surface area contributed by atoms with Crippen LogP contribution in [0.25, 0.3) is 5.69 Å². The van der Waals surface area contributed by atoms with Crippen LogP contribution in [0.4, 0.5) is 5.69 Å². The number of hydrogen-bond acceptors (Lipinski definition) is 3. The number of amides is 2. The van der Waals surface area contributed by atoms with E-state index in [9.17, 15) is 9.59 Å². The van der Waals surface area contributed by atoms with Crippen molar-refractivity contribution in [1.29, 1.82) is 0 Å². The van der Waals surface area contributed by atoms with Crippen molar-refractivity contribution in [3.63, 3.8) is 0 Å². The first-order valence-electron chi connectivity index (χ1n) is 9.30. The van der Waals surface area contributed by atoms with E-state index in [1.54, 1.807) is 55.2 Å². The van der Waals surface area contributed by atoms with Crippen molar-refractivity contribution >= 4 is 29.1 Å². The molecule has 3 rings (SSSR count). The van der Waals surface area contributed by atoms with Crippen molar-refractivity contribution in [2.45, 2.75) is 26.7 Å². The molecule has 0 spiro atoms. The van der Waals surface area contributed by atoms with Crippen LogP contribution in [-0.2, 0) is 0 Å². The zero-order valence-electron chi connectivity index (χ0n) is 16.8. The highest BCUT2D eigenvalue weighted by atomic mass is 35.5. The Morgan fingerprint density at radius 1 is 1.03 bits per heavy atom. The number of anilines is 1. The van der Waals surface area contributed by atoms with Crippen LogP contribution in [0.2, 0.25) is 5.02 Å². The Morgan fingerprint density at radius 3 is 2.34 bits per heavy atom. The van der Waals surface area contributed by atoms with Gasteiger partial charge in [-0.1, -0.05) is 31.5 Å². The first-order chi connectivity index (χ1) is 13.8. The molecule has 2 amide bonds. The summed E-state index contributed by atoms with van der Waals surface area (Å²) in [6, 6.07) is 12.5. The number of carbonyl (C=O) groups is 2. The fourth-order valence-electron chi connectivity index (χ4n) is 3.22. The number of nitrogens with one attached hydrogen (secondary N) is 2. The monoisotopic (exact) mass is 410 g/mol. The van der Waals surface area contributed by atoms with Crippen LogP contribution in [0.15, 0.2) is 48.7 Å². The Hall–Kier alpha value is -3.12. The third kappa shape index (κ3) is 4.17. The molecule has 6 nitrogen and oxygen atoms in total. The normalized spacial score (nSPS) is 10.8. The van der Waals surface area contributed by atoms with E-state index in [0.29, 0.717) is 27.4 Å². The van der Waals surface area contributed by atoms with Gasteiger partial charge in [0.05, 0.1) is 23.1 Å². The van der Waals surface area contributed by atoms with Crippen molar-refractivity contribution in [2.24, 2.45) is 0 Å². The van der Waals surface area contributed by atoms with Gasteiger partial charge >= 0.3 is 0 Å². The molecule has 3 aromatic rings. The summed E-state index contributed by atoms with van der Waals surface area (Å²) in [5.74, 6) is -0.407. The molecule has 0 atom stereocenters. The number of aromatic nitrogens is 2. The predicted octanol–water partition coefficient (Wildman–Crippen LogP) is 4.57. The van der Waals surface area contributed by atoms with Crippen LogP contribution in [-0.4, -0.2) is 28.6 Å². The first-order valence-corrected chi connectivity index (χ1v) is 9.68. The Balaban J connectivity index is 1.97.